The van der Waals surface area contributed by atoms with Crippen molar-refractivity contribution in [1.82, 2.24) is 24.8 Å². The molecule has 0 saturated carbocycles. The lowest BCUT2D eigenvalue weighted by atomic mass is 9.79. The Morgan fingerprint density at radius 2 is 1.94 bits per heavy atom. The van der Waals surface area contributed by atoms with Gasteiger partial charge in [0.1, 0.15) is 23.2 Å². The Labute approximate surface area is 199 Å². The van der Waals surface area contributed by atoms with Gasteiger partial charge in [-0.05, 0) is 24.6 Å². The topological polar surface area (TPSA) is 96.4 Å². The lowest BCUT2D eigenvalue weighted by Gasteiger charge is -2.48. The molecule has 5 heterocycles. The number of carbonyl (C=O) groups is 1. The summed E-state index contributed by atoms with van der Waals surface area (Å²) in [6.07, 6.45) is 0.624. The fraction of sp³-hybridized carbons (Fsp3) is 0.348. The normalized spacial score (nSPS) is 16.8. The van der Waals surface area contributed by atoms with Gasteiger partial charge in [0.25, 0.3) is 0 Å². The minimum absolute atomic E-state index is 0.0451. The van der Waals surface area contributed by atoms with Crippen LogP contribution in [0, 0.1) is 5.41 Å². The van der Waals surface area contributed by atoms with Gasteiger partial charge in [-0.15, -0.1) is 13.2 Å². The lowest BCUT2D eigenvalue weighted by Crippen LogP contribution is -2.58. The number of ether oxygens (including phenoxy) is 1. The predicted octanol–water partition coefficient (Wildman–Crippen LogP) is 3.63. The minimum atomic E-state index is -4.81. The first-order valence-electron chi connectivity index (χ1n) is 11.0. The van der Waals surface area contributed by atoms with E-state index in [1.54, 1.807) is 31.5 Å². The van der Waals surface area contributed by atoms with E-state index in [2.05, 4.69) is 29.9 Å². The molecule has 0 bridgehead atoms. The van der Waals surface area contributed by atoms with Crippen LogP contribution in [0.1, 0.15) is 13.3 Å². The summed E-state index contributed by atoms with van der Waals surface area (Å²) >= 11 is 0. The number of halogens is 3. The number of hydrogen-bond acceptors (Lipinski definition) is 8. The molecular formula is C23H22F3N7O2. The van der Waals surface area contributed by atoms with Crippen LogP contribution in [0.2, 0.25) is 0 Å². The number of anilines is 3. The van der Waals surface area contributed by atoms with Crippen LogP contribution >= 0.6 is 0 Å². The van der Waals surface area contributed by atoms with Crippen molar-refractivity contribution >= 4 is 23.4 Å². The van der Waals surface area contributed by atoms with E-state index >= 15 is 0 Å². The van der Waals surface area contributed by atoms with Crippen LogP contribution in [-0.4, -0.2) is 63.3 Å². The Kier molecular flexibility index (Phi) is 5.65. The molecular weight excluding hydrogens is 463 g/mol. The molecule has 1 spiro atoms. The van der Waals surface area contributed by atoms with Crippen molar-refractivity contribution in [1.29, 1.82) is 0 Å². The van der Waals surface area contributed by atoms with Gasteiger partial charge in [-0.3, -0.25) is 9.78 Å². The molecule has 2 fully saturated rings. The maximum Gasteiger partial charge on any atom is 0.573 e. The summed E-state index contributed by atoms with van der Waals surface area (Å²) in [7, 11) is 0. The molecule has 35 heavy (non-hydrogen) atoms. The van der Waals surface area contributed by atoms with E-state index < -0.39 is 12.1 Å². The molecule has 3 aromatic rings. The first-order chi connectivity index (χ1) is 16.7. The summed E-state index contributed by atoms with van der Waals surface area (Å²) in [6, 6.07) is 7.59. The third kappa shape index (κ3) is 5.10. The highest BCUT2D eigenvalue weighted by Crippen LogP contribution is 2.42. The maximum atomic E-state index is 12.6. The van der Waals surface area contributed by atoms with Crippen molar-refractivity contribution in [2.75, 3.05) is 36.4 Å². The van der Waals surface area contributed by atoms with Crippen LogP contribution in [0.25, 0.3) is 11.4 Å². The molecule has 3 aromatic heterocycles. The van der Waals surface area contributed by atoms with Crippen LogP contribution in [0.4, 0.5) is 30.6 Å². The van der Waals surface area contributed by atoms with Crippen molar-refractivity contribution in [3.05, 3.63) is 48.9 Å². The van der Waals surface area contributed by atoms with Gasteiger partial charge < -0.3 is 19.9 Å². The number of aromatic nitrogens is 4. The molecule has 0 atom stereocenters. The van der Waals surface area contributed by atoms with Gasteiger partial charge in [0, 0.05) is 74.8 Å². The van der Waals surface area contributed by atoms with Crippen LogP contribution in [0.5, 0.6) is 5.75 Å². The van der Waals surface area contributed by atoms with Crippen molar-refractivity contribution in [2.24, 2.45) is 5.41 Å². The van der Waals surface area contributed by atoms with E-state index in [1.165, 1.54) is 6.20 Å². The summed E-state index contributed by atoms with van der Waals surface area (Å²) in [5.74, 6) is 1.27. The summed E-state index contributed by atoms with van der Waals surface area (Å²) in [5, 5.41) is 2.96. The second-order valence-electron chi connectivity index (χ2n) is 8.77. The van der Waals surface area contributed by atoms with Gasteiger partial charge in [-0.2, -0.15) is 0 Å². The van der Waals surface area contributed by atoms with Gasteiger partial charge in [0.05, 0.1) is 0 Å². The Bertz CT molecular complexity index is 1230. The Hall–Kier alpha value is -3.96. The number of alkyl halides is 3. The number of nitrogens with zero attached hydrogens (tertiary/aromatic N) is 6. The fourth-order valence-electron chi connectivity index (χ4n) is 4.48. The average Bonchev–Trinajstić information content (AvgIpc) is 3.24. The number of rotatable bonds is 5. The van der Waals surface area contributed by atoms with E-state index in [1.807, 2.05) is 11.0 Å². The second-order valence-corrected chi connectivity index (χ2v) is 8.77. The molecule has 2 saturated heterocycles. The van der Waals surface area contributed by atoms with Crippen LogP contribution < -0.4 is 15.0 Å². The predicted molar refractivity (Wildman–Crippen MR) is 121 cm³/mol. The highest BCUT2D eigenvalue weighted by Gasteiger charge is 2.48. The SMILES string of the molecule is CC(=O)N1CCC2(C1)CN(c1cc(Nc3cc(OC(F)(F)F)ccn3)nc(-c3cccnc3)n1)C2. The summed E-state index contributed by atoms with van der Waals surface area (Å²) in [6.45, 7) is 4.55. The van der Waals surface area contributed by atoms with E-state index in [-0.39, 0.29) is 17.1 Å². The van der Waals surface area contributed by atoms with Gasteiger partial charge in [0.2, 0.25) is 5.91 Å². The van der Waals surface area contributed by atoms with Gasteiger partial charge >= 0.3 is 6.36 Å². The van der Waals surface area contributed by atoms with Crippen molar-refractivity contribution < 1.29 is 22.7 Å². The number of nitrogens with one attached hydrogen (secondary N) is 1. The second kappa shape index (κ2) is 8.67. The van der Waals surface area contributed by atoms with Gasteiger partial charge in [-0.1, -0.05) is 0 Å². The quantitative estimate of drug-likeness (QED) is 0.585. The summed E-state index contributed by atoms with van der Waals surface area (Å²) in [4.78, 5) is 33.1. The minimum Gasteiger partial charge on any atom is -0.406 e. The van der Waals surface area contributed by atoms with E-state index in [4.69, 9.17) is 4.98 Å². The van der Waals surface area contributed by atoms with Crippen LogP contribution in [0.3, 0.4) is 0 Å². The van der Waals surface area contributed by atoms with E-state index in [0.29, 0.717) is 23.0 Å². The lowest BCUT2D eigenvalue weighted by molar-refractivity contribution is -0.274. The average molecular weight is 485 g/mol. The highest BCUT2D eigenvalue weighted by molar-refractivity contribution is 5.74. The molecule has 12 heteroatoms. The Morgan fingerprint density at radius 1 is 1.11 bits per heavy atom. The molecule has 5 rings (SSSR count). The van der Waals surface area contributed by atoms with Crippen molar-refractivity contribution in [3.63, 3.8) is 0 Å². The Morgan fingerprint density at radius 3 is 2.63 bits per heavy atom. The molecule has 2 aliphatic rings. The number of carbonyl (C=O) groups excluding carboxylic acids is 1. The van der Waals surface area contributed by atoms with E-state index in [9.17, 15) is 18.0 Å². The zero-order valence-corrected chi connectivity index (χ0v) is 18.8. The Balaban J connectivity index is 1.40. The smallest absolute Gasteiger partial charge is 0.406 e. The third-order valence-corrected chi connectivity index (χ3v) is 6.11. The first-order valence-corrected chi connectivity index (χ1v) is 11.0. The van der Waals surface area contributed by atoms with Gasteiger partial charge in [-0.25, -0.2) is 15.0 Å². The van der Waals surface area contributed by atoms with Crippen molar-refractivity contribution in [3.8, 4) is 17.1 Å². The molecule has 2 aliphatic heterocycles. The molecule has 1 amide bonds. The molecule has 0 aromatic carbocycles. The highest BCUT2D eigenvalue weighted by atomic mass is 19.4. The van der Waals surface area contributed by atoms with Crippen molar-refractivity contribution in [2.45, 2.75) is 19.7 Å². The van der Waals surface area contributed by atoms with E-state index in [0.717, 1.165) is 44.7 Å². The fourth-order valence-corrected chi connectivity index (χ4v) is 4.48. The first kappa shape index (κ1) is 22.8. The number of hydrogen-bond donors (Lipinski definition) is 1. The van der Waals surface area contributed by atoms with Gasteiger partial charge in [0.15, 0.2) is 5.82 Å². The molecule has 9 nitrogen and oxygen atoms in total. The molecule has 1 N–H and O–H groups in total. The summed E-state index contributed by atoms with van der Waals surface area (Å²) in [5.41, 5.74) is 0.738. The number of amides is 1. The molecule has 182 valence electrons. The standard InChI is InChI=1S/C23H22F3N7O2/c1-15(34)32-8-5-22(12-32)13-33(14-22)20-10-19(30-21(31-20)16-3-2-6-27-11-16)29-18-9-17(4-7-28-18)35-23(24,25)26/h2-4,6-7,9-11H,5,8,12-14H2,1H3,(H,28,29,30,31). The summed E-state index contributed by atoms with van der Waals surface area (Å²) < 4.78 is 41.8. The zero-order valence-electron chi connectivity index (χ0n) is 18.8. The molecule has 0 unspecified atom stereocenters. The number of pyridine rings is 2. The zero-order chi connectivity index (χ0) is 24.6. The third-order valence-electron chi connectivity index (χ3n) is 6.11. The van der Waals surface area contributed by atoms with Crippen LogP contribution in [-0.2, 0) is 4.79 Å². The largest absolute Gasteiger partial charge is 0.573 e. The molecule has 0 aliphatic carbocycles. The monoisotopic (exact) mass is 485 g/mol. The molecule has 0 radical (unpaired) electrons. The maximum absolute atomic E-state index is 12.6. The number of likely N-dealkylation sites (tertiary alicyclic amines) is 1. The van der Waals surface area contributed by atoms with Crippen LogP contribution in [0.15, 0.2) is 48.9 Å².